The van der Waals surface area contributed by atoms with Gasteiger partial charge in [0, 0.05) is 46.5 Å². The molecule has 0 aliphatic heterocycles. The number of nitrogens with one attached hydrogen (secondary N) is 2. The van der Waals surface area contributed by atoms with Gasteiger partial charge in [0.25, 0.3) is 5.91 Å². The quantitative estimate of drug-likeness (QED) is 0.281. The Labute approximate surface area is 182 Å². The van der Waals surface area contributed by atoms with E-state index in [0.717, 1.165) is 6.21 Å². The van der Waals surface area contributed by atoms with Crippen LogP contribution >= 0.6 is 11.6 Å². The van der Waals surface area contributed by atoms with E-state index < -0.39 is 11.5 Å². The Balaban J connectivity index is 2.34. The summed E-state index contributed by atoms with van der Waals surface area (Å²) in [5.41, 5.74) is 4.49. The minimum Gasteiger partial charge on any atom is -0.420 e. The Kier molecular flexibility index (Phi) is 7.81. The van der Waals surface area contributed by atoms with Crippen LogP contribution in [-0.4, -0.2) is 22.7 Å². The Morgan fingerprint density at radius 2 is 1.94 bits per heavy atom. The number of ether oxygens (including phenoxy) is 1. The molecule has 1 aromatic heterocycles. The maximum Gasteiger partial charge on any atom is 0.487 e. The van der Waals surface area contributed by atoms with Crippen molar-refractivity contribution in [2.24, 2.45) is 5.73 Å². The van der Waals surface area contributed by atoms with Crippen LogP contribution in [0.15, 0.2) is 74.0 Å². The van der Waals surface area contributed by atoms with Gasteiger partial charge in [-0.1, -0.05) is 31.4 Å². The van der Waals surface area contributed by atoms with Crippen LogP contribution in [0.3, 0.4) is 0 Å². The van der Waals surface area contributed by atoms with Crippen LogP contribution in [0.4, 0.5) is 14.5 Å². The van der Waals surface area contributed by atoms with Gasteiger partial charge in [0.15, 0.2) is 0 Å². The number of alkyl halides is 3. The number of aromatic nitrogens is 1. The number of hydrogen-bond donors (Lipinski definition) is 3. The predicted molar refractivity (Wildman–Crippen MR) is 119 cm³/mol. The fraction of sp³-hybridized carbons (Fsp3) is 0.0455. The molecule has 2 aromatic rings. The predicted octanol–water partition coefficient (Wildman–Crippen LogP) is 5.21. The third-order valence-corrected chi connectivity index (χ3v) is 3.94. The summed E-state index contributed by atoms with van der Waals surface area (Å²) in [4.78, 5) is 17.0. The Bertz CT molecular complexity index is 1060. The fourth-order valence-electron chi connectivity index (χ4n) is 2.53. The number of amides is 1. The van der Waals surface area contributed by atoms with Crippen LogP contribution in [-0.2, 0) is 0 Å². The van der Waals surface area contributed by atoms with Crippen molar-refractivity contribution in [2.45, 2.75) is 5.57 Å². The number of allylic oxidation sites excluding steroid dienone is 5. The molecular formula is C22H19ClF2N4O2. The van der Waals surface area contributed by atoms with Gasteiger partial charge in [0.05, 0.1) is 11.3 Å². The molecule has 0 radical (unpaired) electrons. The van der Waals surface area contributed by atoms with E-state index in [0.29, 0.717) is 22.5 Å². The zero-order valence-electron chi connectivity index (χ0n) is 16.2. The summed E-state index contributed by atoms with van der Waals surface area (Å²) < 4.78 is 29.6. The van der Waals surface area contributed by atoms with E-state index in [2.05, 4.69) is 28.2 Å². The molecule has 0 aliphatic rings. The molecule has 9 heteroatoms. The number of halogens is 3. The highest BCUT2D eigenvalue weighted by atomic mass is 35.5. The summed E-state index contributed by atoms with van der Waals surface area (Å²) in [5, 5.41) is 9.87. The van der Waals surface area contributed by atoms with E-state index in [-0.39, 0.29) is 17.0 Å². The van der Waals surface area contributed by atoms with Gasteiger partial charge in [-0.25, -0.2) is 0 Å². The van der Waals surface area contributed by atoms with Crippen molar-refractivity contribution in [1.82, 2.24) is 4.98 Å². The van der Waals surface area contributed by atoms with Gasteiger partial charge in [-0.15, -0.1) is 8.78 Å². The van der Waals surface area contributed by atoms with Crippen molar-refractivity contribution in [3.63, 3.8) is 0 Å². The lowest BCUT2D eigenvalue weighted by molar-refractivity contribution is -0.0964. The molecule has 0 bridgehead atoms. The normalized spacial score (nSPS) is 12.1. The summed E-state index contributed by atoms with van der Waals surface area (Å²) in [6.07, 6.45) is 8.56. The molecule has 0 spiro atoms. The monoisotopic (exact) mass is 444 g/mol. The van der Waals surface area contributed by atoms with E-state index in [1.807, 2.05) is 0 Å². The summed E-state index contributed by atoms with van der Waals surface area (Å²) in [6, 6.07) is 6.76. The first-order valence-corrected chi connectivity index (χ1v) is 9.15. The molecule has 0 atom stereocenters. The number of nitrogens with two attached hydrogens (primary N) is 1. The van der Waals surface area contributed by atoms with Crippen LogP contribution in [0.2, 0.25) is 0 Å². The number of pyridine rings is 1. The maximum absolute atomic E-state index is 12.7. The van der Waals surface area contributed by atoms with Crippen LogP contribution in [0.25, 0.3) is 11.3 Å². The second-order valence-corrected chi connectivity index (χ2v) is 6.44. The number of hydrogen-bond acceptors (Lipinski definition) is 5. The molecule has 0 saturated heterocycles. The second-order valence-electron chi connectivity index (χ2n) is 6.00. The molecule has 1 amide bonds. The van der Waals surface area contributed by atoms with E-state index >= 15 is 0 Å². The molecule has 0 unspecified atom stereocenters. The molecular weight excluding hydrogens is 426 g/mol. The molecule has 6 nitrogen and oxygen atoms in total. The molecule has 0 saturated carbocycles. The standard InChI is InChI=1S/C22H19ClF2N4O2/c1-3-5-14(4-2)20-18(19(27)10-11-26)12-15(13-28-20)21(30)29-16-6-8-17(9-7-16)31-22(23,24)25/h3-13,26H,1-2,27H2,(H,29,30)/b14-5+,19-10-,26-11?. The summed E-state index contributed by atoms with van der Waals surface area (Å²) in [5.74, 6) is -0.672. The molecule has 1 heterocycles. The van der Waals surface area contributed by atoms with Crippen molar-refractivity contribution in [3.05, 3.63) is 90.8 Å². The number of nitrogens with zero attached hydrogens (tertiary/aromatic N) is 1. The van der Waals surface area contributed by atoms with Crippen LogP contribution in [0.5, 0.6) is 5.75 Å². The SMILES string of the molecule is C=C/C=C(\C=C)c1ncc(C(=O)Nc2ccc(OC(F)(F)Cl)cc2)cc1/C(N)=C/C=N. The van der Waals surface area contributed by atoms with Crippen LogP contribution < -0.4 is 15.8 Å². The summed E-state index contributed by atoms with van der Waals surface area (Å²) >= 11 is 4.72. The summed E-state index contributed by atoms with van der Waals surface area (Å²) in [6.45, 7) is 7.39. The van der Waals surface area contributed by atoms with Gasteiger partial charge < -0.3 is 21.2 Å². The molecule has 0 fully saturated rings. The molecule has 160 valence electrons. The lowest BCUT2D eigenvalue weighted by atomic mass is 10.0. The van der Waals surface area contributed by atoms with Gasteiger partial charge in [0.2, 0.25) is 0 Å². The van der Waals surface area contributed by atoms with Crippen molar-refractivity contribution < 1.29 is 18.3 Å². The van der Waals surface area contributed by atoms with Gasteiger partial charge in [-0.3, -0.25) is 9.78 Å². The van der Waals surface area contributed by atoms with Crippen molar-refractivity contribution in [1.29, 1.82) is 5.41 Å². The van der Waals surface area contributed by atoms with E-state index in [9.17, 15) is 13.6 Å². The van der Waals surface area contributed by atoms with Crippen molar-refractivity contribution in [2.75, 3.05) is 5.32 Å². The first-order valence-electron chi connectivity index (χ1n) is 8.78. The topological polar surface area (TPSA) is 101 Å². The molecule has 2 rings (SSSR count). The Morgan fingerprint density at radius 1 is 1.26 bits per heavy atom. The highest BCUT2D eigenvalue weighted by Gasteiger charge is 2.27. The number of anilines is 1. The lowest BCUT2D eigenvalue weighted by Gasteiger charge is -2.13. The zero-order chi connectivity index (χ0) is 23.0. The van der Waals surface area contributed by atoms with Crippen LogP contribution in [0, 0.1) is 5.41 Å². The largest absolute Gasteiger partial charge is 0.487 e. The molecule has 31 heavy (non-hydrogen) atoms. The van der Waals surface area contributed by atoms with E-state index in [1.54, 1.807) is 18.2 Å². The Morgan fingerprint density at radius 3 is 2.48 bits per heavy atom. The molecule has 0 aliphatic carbocycles. The number of benzene rings is 1. The van der Waals surface area contributed by atoms with Gasteiger partial charge >= 0.3 is 5.57 Å². The highest BCUT2D eigenvalue weighted by molar-refractivity contribution is 6.20. The van der Waals surface area contributed by atoms with E-state index in [1.165, 1.54) is 42.6 Å². The van der Waals surface area contributed by atoms with E-state index in [4.69, 9.17) is 22.7 Å². The smallest absolute Gasteiger partial charge is 0.420 e. The average Bonchev–Trinajstić information content (AvgIpc) is 2.72. The third kappa shape index (κ3) is 6.61. The zero-order valence-corrected chi connectivity index (χ0v) is 17.0. The first-order chi connectivity index (χ1) is 14.7. The second kappa shape index (κ2) is 10.3. The van der Waals surface area contributed by atoms with Crippen molar-refractivity contribution >= 4 is 40.7 Å². The average molecular weight is 445 g/mol. The molecule has 1 aromatic carbocycles. The number of carbonyl (C=O) groups excluding carboxylic acids is 1. The number of carbonyl (C=O) groups is 1. The summed E-state index contributed by atoms with van der Waals surface area (Å²) in [7, 11) is 0. The van der Waals surface area contributed by atoms with Gasteiger partial charge in [-0.2, -0.15) is 0 Å². The van der Waals surface area contributed by atoms with Crippen molar-refractivity contribution in [3.8, 4) is 5.75 Å². The highest BCUT2D eigenvalue weighted by Crippen LogP contribution is 2.27. The third-order valence-electron chi connectivity index (χ3n) is 3.86. The minimum absolute atomic E-state index is 0.165. The Hall–Kier alpha value is -3.78. The van der Waals surface area contributed by atoms with Gasteiger partial charge in [-0.05, 0) is 36.4 Å². The number of rotatable bonds is 9. The van der Waals surface area contributed by atoms with Crippen LogP contribution in [0.1, 0.15) is 21.6 Å². The maximum atomic E-state index is 12.7. The fourth-order valence-corrected chi connectivity index (χ4v) is 2.62. The first kappa shape index (κ1) is 23.5. The lowest BCUT2D eigenvalue weighted by Crippen LogP contribution is -2.16. The minimum atomic E-state index is -3.83. The molecule has 4 N–H and O–H groups in total. The van der Waals surface area contributed by atoms with Gasteiger partial charge in [0.1, 0.15) is 5.75 Å².